The highest BCUT2D eigenvalue weighted by atomic mass is 79.9. The van der Waals surface area contributed by atoms with Crippen LogP contribution in [0.2, 0.25) is 5.02 Å². The van der Waals surface area contributed by atoms with Crippen molar-refractivity contribution in [3.8, 4) is 0 Å². The zero-order valence-corrected chi connectivity index (χ0v) is 12.9. The van der Waals surface area contributed by atoms with E-state index in [1.54, 1.807) is 12.1 Å². The molecule has 0 bridgehead atoms. The maximum atomic E-state index is 12.2. The Morgan fingerprint density at radius 3 is 2.57 bits per heavy atom. The molecule has 0 heterocycles. The summed E-state index contributed by atoms with van der Waals surface area (Å²) in [6.07, 6.45) is 0. The summed E-state index contributed by atoms with van der Waals surface area (Å²) >= 11 is 9.01. The third-order valence-corrected chi connectivity index (χ3v) is 3.75. The van der Waals surface area contributed by atoms with Crippen molar-refractivity contribution in [3.05, 3.63) is 57.0 Å². The van der Waals surface area contributed by atoms with Crippen molar-refractivity contribution in [2.75, 3.05) is 11.1 Å². The Labute approximate surface area is 133 Å². The second-order valence-electron chi connectivity index (χ2n) is 4.16. The molecule has 7 heteroatoms. The zero-order chi connectivity index (χ0) is 15.6. The zero-order valence-electron chi connectivity index (χ0n) is 10.6. The van der Waals surface area contributed by atoms with E-state index in [4.69, 9.17) is 22.4 Å². The van der Waals surface area contributed by atoms with Gasteiger partial charge in [0, 0.05) is 10.0 Å². The smallest absolute Gasteiger partial charge is 0.337 e. The Hall–Kier alpha value is -2.05. The monoisotopic (exact) mass is 368 g/mol. The van der Waals surface area contributed by atoms with Gasteiger partial charge in [0.1, 0.15) is 0 Å². The van der Waals surface area contributed by atoms with Crippen LogP contribution >= 0.6 is 27.5 Å². The van der Waals surface area contributed by atoms with Gasteiger partial charge in [-0.15, -0.1) is 0 Å². The summed E-state index contributed by atoms with van der Waals surface area (Å²) < 4.78 is 0.470. The number of hydrogen-bond acceptors (Lipinski definition) is 3. The number of rotatable bonds is 3. The first-order chi connectivity index (χ1) is 9.90. The minimum Gasteiger partial charge on any atom is -0.478 e. The van der Waals surface area contributed by atoms with Gasteiger partial charge in [-0.2, -0.15) is 0 Å². The molecule has 0 saturated carbocycles. The van der Waals surface area contributed by atoms with Crippen molar-refractivity contribution in [2.24, 2.45) is 0 Å². The van der Waals surface area contributed by atoms with E-state index in [9.17, 15) is 9.59 Å². The van der Waals surface area contributed by atoms with E-state index >= 15 is 0 Å². The SMILES string of the molecule is Nc1cc(C(=O)Nc2c(Br)cccc2C(=O)O)ccc1Cl. The molecule has 0 atom stereocenters. The Balaban J connectivity index is 2.36. The molecule has 21 heavy (non-hydrogen) atoms. The van der Waals surface area contributed by atoms with E-state index in [2.05, 4.69) is 21.2 Å². The molecule has 0 aliphatic rings. The average Bonchev–Trinajstić information content (AvgIpc) is 2.43. The Morgan fingerprint density at radius 2 is 1.95 bits per heavy atom. The number of carbonyl (C=O) groups excluding carboxylic acids is 1. The molecule has 0 aliphatic heterocycles. The van der Waals surface area contributed by atoms with E-state index in [0.717, 1.165) is 0 Å². The lowest BCUT2D eigenvalue weighted by molar-refractivity contribution is 0.0698. The lowest BCUT2D eigenvalue weighted by Gasteiger charge is -2.11. The fraction of sp³-hybridized carbons (Fsp3) is 0. The molecular weight excluding hydrogens is 360 g/mol. The van der Waals surface area contributed by atoms with Gasteiger partial charge in [0.15, 0.2) is 0 Å². The first kappa shape index (κ1) is 15.3. The summed E-state index contributed by atoms with van der Waals surface area (Å²) in [7, 11) is 0. The van der Waals surface area contributed by atoms with Gasteiger partial charge in [0.05, 0.1) is 22.0 Å². The minimum absolute atomic E-state index is 0.0142. The second kappa shape index (κ2) is 6.15. The Kier molecular flexibility index (Phi) is 4.50. The van der Waals surface area contributed by atoms with Gasteiger partial charge in [-0.25, -0.2) is 4.79 Å². The topological polar surface area (TPSA) is 92.4 Å². The number of benzene rings is 2. The largest absolute Gasteiger partial charge is 0.478 e. The van der Waals surface area contributed by atoms with Crippen LogP contribution in [0.25, 0.3) is 0 Å². The van der Waals surface area contributed by atoms with Gasteiger partial charge in [0.25, 0.3) is 5.91 Å². The predicted molar refractivity (Wildman–Crippen MR) is 84.9 cm³/mol. The summed E-state index contributed by atoms with van der Waals surface area (Å²) in [6, 6.07) is 9.05. The van der Waals surface area contributed by atoms with E-state index in [1.807, 2.05) is 0 Å². The number of amides is 1. The molecule has 0 spiro atoms. The first-order valence-electron chi connectivity index (χ1n) is 5.78. The molecule has 108 valence electrons. The number of carboxylic acid groups (broad SMARTS) is 1. The van der Waals surface area contributed by atoms with Crippen LogP contribution < -0.4 is 11.1 Å². The normalized spacial score (nSPS) is 10.2. The second-order valence-corrected chi connectivity index (χ2v) is 5.42. The summed E-state index contributed by atoms with van der Waals surface area (Å²) in [5, 5.41) is 12.0. The van der Waals surface area contributed by atoms with E-state index < -0.39 is 11.9 Å². The summed E-state index contributed by atoms with van der Waals surface area (Å²) in [5.74, 6) is -1.62. The van der Waals surface area contributed by atoms with Crippen molar-refractivity contribution < 1.29 is 14.7 Å². The molecule has 5 nitrogen and oxygen atoms in total. The van der Waals surface area contributed by atoms with Gasteiger partial charge < -0.3 is 16.2 Å². The van der Waals surface area contributed by atoms with Crippen LogP contribution in [0.3, 0.4) is 0 Å². The lowest BCUT2D eigenvalue weighted by Crippen LogP contribution is -2.15. The van der Waals surface area contributed by atoms with Crippen LogP contribution in [-0.2, 0) is 0 Å². The lowest BCUT2D eigenvalue weighted by atomic mass is 10.1. The van der Waals surface area contributed by atoms with Crippen molar-refractivity contribution in [3.63, 3.8) is 0 Å². The summed E-state index contributed by atoms with van der Waals surface area (Å²) in [5.41, 5.74) is 6.37. The molecular formula is C14H10BrClN2O3. The third-order valence-electron chi connectivity index (χ3n) is 2.74. The quantitative estimate of drug-likeness (QED) is 0.720. The number of hydrogen-bond donors (Lipinski definition) is 3. The van der Waals surface area contributed by atoms with Crippen molar-refractivity contribution >= 4 is 50.8 Å². The number of nitrogen functional groups attached to an aromatic ring is 1. The molecule has 0 saturated heterocycles. The molecule has 2 aromatic carbocycles. The predicted octanol–water partition coefficient (Wildman–Crippen LogP) is 3.64. The number of carbonyl (C=O) groups is 2. The molecule has 2 rings (SSSR count). The van der Waals surface area contributed by atoms with Gasteiger partial charge in [0.2, 0.25) is 0 Å². The van der Waals surface area contributed by atoms with Crippen molar-refractivity contribution in [2.45, 2.75) is 0 Å². The van der Waals surface area contributed by atoms with E-state index in [0.29, 0.717) is 9.50 Å². The van der Waals surface area contributed by atoms with Gasteiger partial charge in [-0.3, -0.25) is 4.79 Å². The van der Waals surface area contributed by atoms with Crippen molar-refractivity contribution in [1.29, 1.82) is 0 Å². The van der Waals surface area contributed by atoms with E-state index in [1.165, 1.54) is 24.3 Å². The molecule has 0 fully saturated rings. The fourth-order valence-corrected chi connectivity index (χ4v) is 2.28. The maximum Gasteiger partial charge on any atom is 0.337 e. The highest BCUT2D eigenvalue weighted by molar-refractivity contribution is 9.10. The molecule has 0 aromatic heterocycles. The standard InChI is InChI=1S/C14H10BrClN2O3/c15-9-3-1-2-8(14(20)21)12(9)18-13(19)7-4-5-10(16)11(17)6-7/h1-6H,17H2,(H,18,19)(H,20,21). The molecule has 0 aliphatic carbocycles. The highest BCUT2D eigenvalue weighted by Gasteiger charge is 2.16. The molecule has 4 N–H and O–H groups in total. The van der Waals surface area contributed by atoms with Gasteiger partial charge >= 0.3 is 5.97 Å². The van der Waals surface area contributed by atoms with E-state index in [-0.39, 0.29) is 22.5 Å². The van der Waals surface area contributed by atoms with Gasteiger partial charge in [-0.1, -0.05) is 17.7 Å². The van der Waals surface area contributed by atoms with Crippen LogP contribution in [-0.4, -0.2) is 17.0 Å². The summed E-state index contributed by atoms with van der Waals surface area (Å²) in [6.45, 7) is 0. The number of carboxylic acids is 1. The van der Waals surface area contributed by atoms with Crippen LogP contribution in [0, 0.1) is 0 Å². The highest BCUT2D eigenvalue weighted by Crippen LogP contribution is 2.27. The molecule has 0 radical (unpaired) electrons. The maximum absolute atomic E-state index is 12.2. The summed E-state index contributed by atoms with van der Waals surface area (Å²) in [4.78, 5) is 23.4. The van der Waals surface area contributed by atoms with Crippen molar-refractivity contribution in [1.82, 2.24) is 0 Å². The van der Waals surface area contributed by atoms with Crippen LogP contribution in [0.1, 0.15) is 20.7 Å². The Morgan fingerprint density at radius 1 is 1.24 bits per heavy atom. The first-order valence-corrected chi connectivity index (χ1v) is 6.95. The number of aromatic carboxylic acids is 1. The minimum atomic E-state index is -1.14. The molecule has 0 unspecified atom stereocenters. The van der Waals surface area contributed by atoms with Crippen LogP contribution in [0.4, 0.5) is 11.4 Å². The number of para-hydroxylation sites is 1. The van der Waals surface area contributed by atoms with Crippen LogP contribution in [0.5, 0.6) is 0 Å². The number of nitrogens with one attached hydrogen (secondary N) is 1. The number of halogens is 2. The third kappa shape index (κ3) is 3.34. The average molecular weight is 370 g/mol. The van der Waals surface area contributed by atoms with Gasteiger partial charge in [-0.05, 0) is 46.3 Å². The number of anilines is 2. The van der Waals surface area contributed by atoms with Crippen LogP contribution in [0.15, 0.2) is 40.9 Å². The fourth-order valence-electron chi connectivity index (χ4n) is 1.70. The number of nitrogens with two attached hydrogens (primary N) is 1. The molecule has 2 aromatic rings. The Bertz CT molecular complexity index is 734. The molecule has 1 amide bonds.